The summed E-state index contributed by atoms with van der Waals surface area (Å²) in [6.07, 6.45) is 0. The van der Waals surface area contributed by atoms with Crippen LogP contribution < -0.4 is 4.72 Å². The fourth-order valence-corrected chi connectivity index (χ4v) is 1.97. The summed E-state index contributed by atoms with van der Waals surface area (Å²) in [5, 5.41) is 8.68. The van der Waals surface area contributed by atoms with Crippen LogP contribution in [0.25, 0.3) is 0 Å². The molecule has 0 aliphatic heterocycles. The van der Waals surface area contributed by atoms with Gasteiger partial charge in [0.05, 0.1) is 18.4 Å². The summed E-state index contributed by atoms with van der Waals surface area (Å²) in [5.74, 6) is -0.161. The number of nitriles is 1. The van der Waals surface area contributed by atoms with Gasteiger partial charge in [-0.05, 0) is 5.92 Å². The summed E-state index contributed by atoms with van der Waals surface area (Å²) >= 11 is 0. The number of rotatable bonds is 6. The van der Waals surface area contributed by atoms with Gasteiger partial charge in [-0.2, -0.15) is 9.98 Å². The van der Waals surface area contributed by atoms with Crippen LogP contribution in [0.5, 0.6) is 0 Å². The van der Waals surface area contributed by atoms with Crippen LogP contribution in [0.1, 0.15) is 13.8 Å². The zero-order valence-corrected chi connectivity index (χ0v) is 9.47. The van der Waals surface area contributed by atoms with Crippen molar-refractivity contribution in [2.45, 2.75) is 19.9 Å². The third kappa shape index (κ3) is 5.17. The normalized spacial score (nSPS) is 13.9. The van der Waals surface area contributed by atoms with Crippen molar-refractivity contribution in [3.8, 4) is 6.07 Å². The Hall–Kier alpha value is -0.640. The predicted molar refractivity (Wildman–Crippen MR) is 53.0 cm³/mol. The first-order valence-electron chi connectivity index (χ1n) is 4.31. The van der Waals surface area contributed by atoms with Gasteiger partial charge in [0.25, 0.3) is 0 Å². The minimum Gasteiger partial charge on any atom is -0.384 e. The molecule has 0 aromatic rings. The Morgan fingerprint density at radius 1 is 1.50 bits per heavy atom. The fourth-order valence-electron chi connectivity index (χ4n) is 0.757. The number of nitrogens with one attached hydrogen (secondary N) is 1. The Labute approximate surface area is 85.1 Å². The Kier molecular flexibility index (Phi) is 5.69. The van der Waals surface area contributed by atoms with E-state index in [9.17, 15) is 8.42 Å². The van der Waals surface area contributed by atoms with E-state index >= 15 is 0 Å². The summed E-state index contributed by atoms with van der Waals surface area (Å²) in [6, 6.07) is 1.23. The molecule has 0 radical (unpaired) electrons. The van der Waals surface area contributed by atoms with E-state index in [4.69, 9.17) is 5.26 Å². The van der Waals surface area contributed by atoms with Gasteiger partial charge in [-0.3, -0.25) is 0 Å². The second-order valence-electron chi connectivity index (χ2n) is 3.28. The molecule has 0 amide bonds. The smallest absolute Gasteiger partial charge is 0.215 e. The van der Waals surface area contributed by atoms with Crippen molar-refractivity contribution in [3.05, 3.63) is 0 Å². The average Bonchev–Trinajstić information content (AvgIpc) is 2.10. The van der Waals surface area contributed by atoms with E-state index < -0.39 is 16.1 Å². The van der Waals surface area contributed by atoms with Gasteiger partial charge in [0.15, 0.2) is 0 Å². The molecule has 1 N–H and O–H groups in total. The van der Waals surface area contributed by atoms with Gasteiger partial charge in [0, 0.05) is 7.11 Å². The summed E-state index contributed by atoms with van der Waals surface area (Å²) in [5.41, 5.74) is 0. The second-order valence-corrected chi connectivity index (χ2v) is 5.15. The number of nitrogens with zero attached hydrogens (tertiary/aromatic N) is 1. The van der Waals surface area contributed by atoms with Crippen LogP contribution in [0.4, 0.5) is 0 Å². The molecular weight excluding hydrogens is 204 g/mol. The van der Waals surface area contributed by atoms with Crippen LogP contribution in [0.2, 0.25) is 0 Å². The number of methoxy groups -OCH3 is 1. The molecule has 6 heteroatoms. The van der Waals surface area contributed by atoms with Gasteiger partial charge in [0.1, 0.15) is 6.04 Å². The molecule has 0 aliphatic rings. The molecule has 1 atom stereocenters. The Morgan fingerprint density at radius 3 is 2.43 bits per heavy atom. The standard InChI is InChI=1S/C8H16N2O3S/c1-7(2)8(6-9)10-14(11,12)5-4-13-3/h7-8,10H,4-5H2,1-3H3. The van der Waals surface area contributed by atoms with E-state index in [2.05, 4.69) is 9.46 Å². The number of hydrogen-bond acceptors (Lipinski definition) is 4. The summed E-state index contributed by atoms with van der Waals surface area (Å²) in [4.78, 5) is 0. The summed E-state index contributed by atoms with van der Waals surface area (Å²) in [6.45, 7) is 3.70. The molecule has 0 aromatic heterocycles. The maximum absolute atomic E-state index is 11.3. The van der Waals surface area contributed by atoms with Crippen molar-refractivity contribution < 1.29 is 13.2 Å². The predicted octanol–water partition coefficient (Wildman–Crippen LogP) is 0.100. The monoisotopic (exact) mass is 220 g/mol. The van der Waals surface area contributed by atoms with Gasteiger partial charge in [-0.1, -0.05) is 13.8 Å². The Balaban J connectivity index is 4.28. The largest absolute Gasteiger partial charge is 0.384 e. The first kappa shape index (κ1) is 13.4. The average molecular weight is 220 g/mol. The number of ether oxygens (including phenoxy) is 1. The van der Waals surface area contributed by atoms with Crippen LogP contribution in [-0.4, -0.2) is 33.9 Å². The summed E-state index contributed by atoms with van der Waals surface area (Å²) < 4.78 is 29.6. The first-order valence-corrected chi connectivity index (χ1v) is 5.96. The molecule has 0 saturated heterocycles. The van der Waals surface area contributed by atoms with Crippen molar-refractivity contribution in [3.63, 3.8) is 0 Å². The van der Waals surface area contributed by atoms with Crippen molar-refractivity contribution >= 4 is 10.0 Å². The van der Waals surface area contributed by atoms with Crippen LogP contribution in [0.3, 0.4) is 0 Å². The molecule has 0 saturated carbocycles. The molecule has 1 unspecified atom stereocenters. The molecule has 0 aliphatic carbocycles. The molecule has 14 heavy (non-hydrogen) atoms. The van der Waals surface area contributed by atoms with Crippen molar-refractivity contribution in [1.29, 1.82) is 5.26 Å². The highest BCUT2D eigenvalue weighted by Crippen LogP contribution is 2.01. The lowest BCUT2D eigenvalue weighted by atomic mass is 10.1. The molecule has 82 valence electrons. The highest BCUT2D eigenvalue weighted by molar-refractivity contribution is 7.89. The van der Waals surface area contributed by atoms with Gasteiger partial charge in [-0.25, -0.2) is 8.42 Å². The minimum absolute atomic E-state index is 0.0441. The zero-order chi connectivity index (χ0) is 11.2. The number of hydrogen-bond donors (Lipinski definition) is 1. The Bertz CT molecular complexity index is 292. The molecule has 0 bridgehead atoms. The summed E-state index contributed by atoms with van der Waals surface area (Å²) in [7, 11) is -1.97. The van der Waals surface area contributed by atoms with E-state index in [0.29, 0.717) is 0 Å². The van der Waals surface area contributed by atoms with Gasteiger partial charge in [0.2, 0.25) is 10.0 Å². The van der Waals surface area contributed by atoms with E-state index in [1.165, 1.54) is 7.11 Å². The van der Waals surface area contributed by atoms with E-state index in [-0.39, 0.29) is 18.3 Å². The van der Waals surface area contributed by atoms with Crippen LogP contribution in [0.15, 0.2) is 0 Å². The molecule has 0 heterocycles. The molecule has 0 spiro atoms. The zero-order valence-electron chi connectivity index (χ0n) is 8.65. The van der Waals surface area contributed by atoms with Crippen molar-refractivity contribution in [1.82, 2.24) is 4.72 Å². The third-order valence-electron chi connectivity index (χ3n) is 1.67. The highest BCUT2D eigenvalue weighted by Gasteiger charge is 2.19. The van der Waals surface area contributed by atoms with E-state index in [1.807, 2.05) is 6.07 Å². The van der Waals surface area contributed by atoms with E-state index in [0.717, 1.165) is 0 Å². The Morgan fingerprint density at radius 2 is 2.07 bits per heavy atom. The van der Waals surface area contributed by atoms with Crippen LogP contribution in [0, 0.1) is 17.2 Å². The van der Waals surface area contributed by atoms with Gasteiger partial charge >= 0.3 is 0 Å². The maximum atomic E-state index is 11.3. The quantitative estimate of drug-likeness (QED) is 0.688. The second kappa shape index (κ2) is 5.96. The van der Waals surface area contributed by atoms with Gasteiger partial charge in [-0.15, -0.1) is 0 Å². The topological polar surface area (TPSA) is 79.2 Å². The lowest BCUT2D eigenvalue weighted by molar-refractivity contribution is 0.216. The molecule has 0 rings (SSSR count). The molecule has 0 fully saturated rings. The van der Waals surface area contributed by atoms with E-state index in [1.54, 1.807) is 13.8 Å². The van der Waals surface area contributed by atoms with Crippen molar-refractivity contribution in [2.75, 3.05) is 19.5 Å². The molecular formula is C8H16N2O3S. The number of sulfonamides is 1. The SMILES string of the molecule is COCCS(=O)(=O)NC(C#N)C(C)C. The molecule has 0 aromatic carbocycles. The maximum Gasteiger partial charge on any atom is 0.215 e. The third-order valence-corrected chi connectivity index (χ3v) is 2.99. The fraction of sp³-hybridized carbons (Fsp3) is 0.875. The van der Waals surface area contributed by atoms with Crippen LogP contribution >= 0.6 is 0 Å². The highest BCUT2D eigenvalue weighted by atomic mass is 32.2. The molecule has 5 nitrogen and oxygen atoms in total. The van der Waals surface area contributed by atoms with Crippen molar-refractivity contribution in [2.24, 2.45) is 5.92 Å². The minimum atomic E-state index is -3.40. The lowest BCUT2D eigenvalue weighted by Crippen LogP contribution is -2.39. The first-order chi connectivity index (χ1) is 6.43. The van der Waals surface area contributed by atoms with Gasteiger partial charge < -0.3 is 4.74 Å². The lowest BCUT2D eigenvalue weighted by Gasteiger charge is -2.14. The van der Waals surface area contributed by atoms with Crippen LogP contribution in [-0.2, 0) is 14.8 Å².